The second-order valence-electron chi connectivity index (χ2n) is 5.98. The van der Waals surface area contributed by atoms with E-state index in [0.717, 1.165) is 10.4 Å². The average Bonchev–Trinajstić information content (AvgIpc) is 2.66. The molecule has 10 heteroatoms. The molecule has 0 bridgehead atoms. The summed E-state index contributed by atoms with van der Waals surface area (Å²) in [5, 5.41) is 2.43. The molecule has 0 aliphatic heterocycles. The predicted molar refractivity (Wildman–Crippen MR) is 107 cm³/mol. The zero-order valence-corrected chi connectivity index (χ0v) is 17.1. The van der Waals surface area contributed by atoms with E-state index in [1.807, 2.05) is 0 Å². The van der Waals surface area contributed by atoms with Crippen molar-refractivity contribution in [2.24, 2.45) is 0 Å². The maximum Gasteiger partial charge on any atom is 0.331 e. The van der Waals surface area contributed by atoms with E-state index in [1.54, 1.807) is 6.07 Å². The Balaban J connectivity index is 1.96. The van der Waals surface area contributed by atoms with Gasteiger partial charge in [0.25, 0.3) is 5.91 Å². The fourth-order valence-corrected chi connectivity index (χ4v) is 3.53. The van der Waals surface area contributed by atoms with Crippen molar-refractivity contribution in [1.29, 1.82) is 0 Å². The smallest absolute Gasteiger partial charge is 0.331 e. The van der Waals surface area contributed by atoms with Gasteiger partial charge in [0.15, 0.2) is 6.61 Å². The normalized spacial score (nSPS) is 11.6. The molecule has 1 N–H and O–H groups in total. The van der Waals surface area contributed by atoms with Crippen molar-refractivity contribution in [1.82, 2.24) is 4.31 Å². The summed E-state index contributed by atoms with van der Waals surface area (Å²) >= 11 is 5.94. The largest absolute Gasteiger partial charge is 0.452 e. The second kappa shape index (κ2) is 9.64. The quantitative estimate of drug-likeness (QED) is 0.528. The molecule has 0 aliphatic rings. The third-order valence-electron chi connectivity index (χ3n) is 3.58. The summed E-state index contributed by atoms with van der Waals surface area (Å²) in [6.07, 6.45) is 2.41. The average molecular weight is 441 g/mol. The molecule has 154 valence electrons. The van der Waals surface area contributed by atoms with E-state index in [-0.39, 0.29) is 15.6 Å². The molecule has 0 saturated carbocycles. The van der Waals surface area contributed by atoms with Gasteiger partial charge in [0.2, 0.25) is 10.0 Å². The van der Waals surface area contributed by atoms with Gasteiger partial charge in [-0.15, -0.1) is 0 Å². The van der Waals surface area contributed by atoms with E-state index in [1.165, 1.54) is 56.6 Å². The van der Waals surface area contributed by atoms with Crippen LogP contribution in [-0.4, -0.2) is 45.3 Å². The van der Waals surface area contributed by atoms with Gasteiger partial charge in [-0.3, -0.25) is 4.79 Å². The molecule has 7 nitrogen and oxygen atoms in total. The highest BCUT2D eigenvalue weighted by Gasteiger charge is 2.21. The molecule has 2 rings (SSSR count). The lowest BCUT2D eigenvalue weighted by molar-refractivity contribution is -0.142. The monoisotopic (exact) mass is 440 g/mol. The molecule has 0 fully saturated rings. The van der Waals surface area contributed by atoms with Crippen LogP contribution < -0.4 is 5.32 Å². The lowest BCUT2D eigenvalue weighted by atomic mass is 10.2. The number of anilines is 1. The Morgan fingerprint density at radius 3 is 2.59 bits per heavy atom. The number of sulfonamides is 1. The van der Waals surface area contributed by atoms with Crippen molar-refractivity contribution in [2.45, 2.75) is 4.90 Å². The summed E-state index contributed by atoms with van der Waals surface area (Å²) in [6, 6.07) is 9.55. The molecule has 0 heterocycles. The van der Waals surface area contributed by atoms with Crippen LogP contribution in [0, 0.1) is 5.82 Å². The molecule has 2 aromatic rings. The van der Waals surface area contributed by atoms with Gasteiger partial charge < -0.3 is 10.1 Å². The van der Waals surface area contributed by atoms with Crippen molar-refractivity contribution in [3.05, 3.63) is 64.9 Å². The standard InChI is InChI=1S/C19H18ClFN2O5S/c1-23(2)29(26,27)17-11-15(7-8-16(17)20)22-18(24)12-28-19(25)9-6-13-4-3-5-14(21)10-13/h3-11H,12H2,1-2H3,(H,22,24)/b9-6+. The van der Waals surface area contributed by atoms with Gasteiger partial charge >= 0.3 is 5.97 Å². The lowest BCUT2D eigenvalue weighted by Crippen LogP contribution is -2.23. The van der Waals surface area contributed by atoms with Crippen LogP contribution >= 0.6 is 11.6 Å². The number of nitrogens with zero attached hydrogens (tertiary/aromatic N) is 1. The molecule has 0 spiro atoms. The van der Waals surface area contributed by atoms with Crippen molar-refractivity contribution >= 4 is 45.3 Å². The Labute approximate surface area is 172 Å². The first-order chi connectivity index (χ1) is 13.6. The molecule has 0 radical (unpaired) electrons. The number of benzene rings is 2. The van der Waals surface area contributed by atoms with Crippen LogP contribution in [0.1, 0.15) is 5.56 Å². The summed E-state index contributed by atoms with van der Waals surface area (Å²) in [5.41, 5.74) is 0.633. The van der Waals surface area contributed by atoms with Crippen molar-refractivity contribution in [3.63, 3.8) is 0 Å². The Hall–Kier alpha value is -2.75. The highest BCUT2D eigenvalue weighted by molar-refractivity contribution is 7.89. The lowest BCUT2D eigenvalue weighted by Gasteiger charge is -2.14. The first kappa shape index (κ1) is 22.5. The Morgan fingerprint density at radius 2 is 1.93 bits per heavy atom. The molecule has 1 amide bonds. The molecule has 0 aromatic heterocycles. The van der Waals surface area contributed by atoms with E-state index < -0.39 is 34.3 Å². The Morgan fingerprint density at radius 1 is 1.21 bits per heavy atom. The van der Waals surface area contributed by atoms with Gasteiger partial charge in [-0.2, -0.15) is 0 Å². The minimum Gasteiger partial charge on any atom is -0.452 e. The Kier molecular flexibility index (Phi) is 7.49. The Bertz CT molecular complexity index is 1050. The third-order valence-corrected chi connectivity index (χ3v) is 5.88. The first-order valence-electron chi connectivity index (χ1n) is 8.22. The number of carbonyl (C=O) groups is 2. The van der Waals surface area contributed by atoms with E-state index in [0.29, 0.717) is 5.56 Å². The second-order valence-corrected chi connectivity index (χ2v) is 8.50. The SMILES string of the molecule is CN(C)S(=O)(=O)c1cc(NC(=O)COC(=O)/C=C/c2cccc(F)c2)ccc1Cl. The highest BCUT2D eigenvalue weighted by atomic mass is 35.5. The molecule has 29 heavy (non-hydrogen) atoms. The maximum absolute atomic E-state index is 13.1. The van der Waals surface area contributed by atoms with Crippen LogP contribution in [0.4, 0.5) is 10.1 Å². The number of rotatable bonds is 7. The van der Waals surface area contributed by atoms with E-state index in [4.69, 9.17) is 16.3 Å². The fourth-order valence-electron chi connectivity index (χ4n) is 2.13. The van der Waals surface area contributed by atoms with E-state index in [2.05, 4.69) is 5.32 Å². The van der Waals surface area contributed by atoms with Gasteiger partial charge in [-0.1, -0.05) is 23.7 Å². The van der Waals surface area contributed by atoms with Gasteiger partial charge in [-0.25, -0.2) is 21.9 Å². The number of amides is 1. The van der Waals surface area contributed by atoms with Crippen LogP contribution in [-0.2, 0) is 24.3 Å². The van der Waals surface area contributed by atoms with Crippen molar-refractivity contribution < 1.29 is 27.1 Å². The van der Waals surface area contributed by atoms with Crippen LogP contribution in [0.3, 0.4) is 0 Å². The highest BCUT2D eigenvalue weighted by Crippen LogP contribution is 2.26. The third kappa shape index (κ3) is 6.38. The molecule has 0 unspecified atom stereocenters. The van der Waals surface area contributed by atoms with Gasteiger partial charge in [-0.05, 0) is 42.0 Å². The van der Waals surface area contributed by atoms with Gasteiger partial charge in [0.1, 0.15) is 10.7 Å². The minimum absolute atomic E-state index is 0.00520. The fraction of sp³-hybridized carbons (Fsp3) is 0.158. The predicted octanol–water partition coefficient (Wildman–Crippen LogP) is 2.92. The number of halogens is 2. The summed E-state index contributed by atoms with van der Waals surface area (Å²) in [4.78, 5) is 23.5. The zero-order chi connectivity index (χ0) is 21.6. The summed E-state index contributed by atoms with van der Waals surface area (Å²) in [7, 11) is -1.09. The molecular weight excluding hydrogens is 423 g/mol. The zero-order valence-electron chi connectivity index (χ0n) is 15.6. The van der Waals surface area contributed by atoms with Crippen LogP contribution in [0.5, 0.6) is 0 Å². The van der Waals surface area contributed by atoms with Crippen LogP contribution in [0.15, 0.2) is 53.4 Å². The van der Waals surface area contributed by atoms with Crippen molar-refractivity contribution in [3.8, 4) is 0 Å². The van der Waals surface area contributed by atoms with E-state index in [9.17, 15) is 22.4 Å². The van der Waals surface area contributed by atoms with Gasteiger partial charge in [0, 0.05) is 25.9 Å². The summed E-state index contributed by atoms with van der Waals surface area (Å²) < 4.78 is 43.4. The first-order valence-corrected chi connectivity index (χ1v) is 10.0. The summed E-state index contributed by atoms with van der Waals surface area (Å²) in [5.74, 6) is -1.91. The number of carbonyl (C=O) groups excluding carboxylic acids is 2. The number of esters is 1. The molecule has 0 atom stereocenters. The number of hydrogen-bond acceptors (Lipinski definition) is 5. The number of hydrogen-bond donors (Lipinski definition) is 1. The van der Waals surface area contributed by atoms with Crippen LogP contribution in [0.25, 0.3) is 6.08 Å². The van der Waals surface area contributed by atoms with Gasteiger partial charge in [0.05, 0.1) is 5.02 Å². The van der Waals surface area contributed by atoms with E-state index >= 15 is 0 Å². The van der Waals surface area contributed by atoms with Crippen LogP contribution in [0.2, 0.25) is 5.02 Å². The topological polar surface area (TPSA) is 92.8 Å². The molecule has 0 saturated heterocycles. The summed E-state index contributed by atoms with van der Waals surface area (Å²) in [6.45, 7) is -0.593. The van der Waals surface area contributed by atoms with Crippen molar-refractivity contribution in [2.75, 3.05) is 26.0 Å². The maximum atomic E-state index is 13.1. The number of ether oxygens (including phenoxy) is 1. The molecule has 2 aromatic carbocycles. The number of nitrogens with one attached hydrogen (secondary N) is 1. The molecule has 0 aliphatic carbocycles. The minimum atomic E-state index is -3.80. The molecular formula is C19H18ClFN2O5S.